The van der Waals surface area contributed by atoms with Crippen LogP contribution < -0.4 is 10.6 Å². The highest BCUT2D eigenvalue weighted by atomic mass is 35.5. The van der Waals surface area contributed by atoms with Gasteiger partial charge in [-0.25, -0.2) is 14.4 Å². The van der Waals surface area contributed by atoms with Gasteiger partial charge in [-0.05, 0) is 36.8 Å². The van der Waals surface area contributed by atoms with Crippen LogP contribution in [0.1, 0.15) is 33.2 Å². The third-order valence-corrected chi connectivity index (χ3v) is 6.00. The molecule has 0 spiro atoms. The molecule has 0 aliphatic heterocycles. The van der Waals surface area contributed by atoms with Gasteiger partial charge in [0.15, 0.2) is 0 Å². The highest BCUT2D eigenvalue weighted by molar-refractivity contribution is 6.30. The molecule has 9 nitrogen and oxygen atoms in total. The Morgan fingerprint density at radius 3 is 2.61 bits per heavy atom. The number of fused-ring (bicyclic) bond motifs is 1. The van der Waals surface area contributed by atoms with Gasteiger partial charge in [-0.2, -0.15) is 10.2 Å². The molecule has 0 saturated carbocycles. The van der Waals surface area contributed by atoms with Gasteiger partial charge in [-0.3, -0.25) is 14.2 Å². The quantitative estimate of drug-likeness (QED) is 0.354. The standard InChI is InChI=1S/C25H22ClFN8O/c1-14-8-22(35(3)33-14)31-25-28-11-17-5-4-16(10-21(17)30-25)24(36)32-23(18-12-29-34(2)13-18)15-6-7-19(26)20(27)9-15/h4-13,23H,1-3H3,(H,32,36)(H,28,30,31). The van der Waals surface area contributed by atoms with E-state index in [9.17, 15) is 9.18 Å². The van der Waals surface area contributed by atoms with Crippen LogP contribution in [0.25, 0.3) is 10.9 Å². The van der Waals surface area contributed by atoms with Crippen LogP contribution >= 0.6 is 11.6 Å². The van der Waals surface area contributed by atoms with Gasteiger partial charge in [0.2, 0.25) is 5.95 Å². The Bertz CT molecular complexity index is 1590. The molecule has 0 bridgehead atoms. The third-order valence-electron chi connectivity index (χ3n) is 5.70. The van der Waals surface area contributed by atoms with Crippen molar-refractivity contribution in [2.24, 2.45) is 14.1 Å². The average molecular weight is 505 g/mol. The summed E-state index contributed by atoms with van der Waals surface area (Å²) >= 11 is 5.87. The molecule has 0 aliphatic rings. The maximum absolute atomic E-state index is 14.2. The number of halogens is 2. The lowest BCUT2D eigenvalue weighted by Crippen LogP contribution is -2.29. The Hall–Kier alpha value is -4.31. The van der Waals surface area contributed by atoms with Gasteiger partial charge in [-0.15, -0.1) is 0 Å². The molecule has 1 unspecified atom stereocenters. The van der Waals surface area contributed by atoms with Gasteiger partial charge in [0, 0.05) is 49.1 Å². The lowest BCUT2D eigenvalue weighted by Gasteiger charge is -2.19. The topological polar surface area (TPSA) is 103 Å². The van der Waals surface area contributed by atoms with E-state index in [1.165, 1.54) is 12.1 Å². The predicted octanol–water partition coefficient (Wildman–Crippen LogP) is 4.46. The summed E-state index contributed by atoms with van der Waals surface area (Å²) in [5.41, 5.74) is 3.10. The van der Waals surface area contributed by atoms with Crippen molar-refractivity contribution in [1.29, 1.82) is 0 Å². The van der Waals surface area contributed by atoms with Gasteiger partial charge < -0.3 is 10.6 Å². The number of aromatic nitrogens is 6. The molecule has 5 aromatic rings. The van der Waals surface area contributed by atoms with Crippen molar-refractivity contribution in [1.82, 2.24) is 34.8 Å². The van der Waals surface area contributed by atoms with E-state index in [0.717, 1.165) is 16.9 Å². The monoisotopic (exact) mass is 504 g/mol. The zero-order chi connectivity index (χ0) is 25.4. The van der Waals surface area contributed by atoms with E-state index in [2.05, 4.69) is 30.8 Å². The van der Waals surface area contributed by atoms with Crippen LogP contribution in [0.5, 0.6) is 0 Å². The van der Waals surface area contributed by atoms with Crippen molar-refractivity contribution < 1.29 is 9.18 Å². The van der Waals surface area contributed by atoms with Gasteiger partial charge in [0.05, 0.1) is 28.5 Å². The first-order valence-electron chi connectivity index (χ1n) is 11.1. The Labute approximate surface area is 210 Å². The number of nitrogens with zero attached hydrogens (tertiary/aromatic N) is 6. The number of hydrogen-bond donors (Lipinski definition) is 2. The van der Waals surface area contributed by atoms with Crippen LogP contribution in [-0.2, 0) is 14.1 Å². The molecule has 0 fully saturated rings. The fourth-order valence-electron chi connectivity index (χ4n) is 3.92. The summed E-state index contributed by atoms with van der Waals surface area (Å²) in [4.78, 5) is 22.2. The molecule has 0 saturated heterocycles. The Kier molecular flexibility index (Phi) is 6.11. The summed E-state index contributed by atoms with van der Waals surface area (Å²) in [5.74, 6) is 0.211. The summed E-state index contributed by atoms with van der Waals surface area (Å²) in [6.45, 7) is 1.90. The van der Waals surface area contributed by atoms with Crippen LogP contribution in [0, 0.1) is 12.7 Å². The number of carbonyl (C=O) groups is 1. The smallest absolute Gasteiger partial charge is 0.252 e. The molecule has 2 aromatic carbocycles. The Morgan fingerprint density at radius 1 is 1.08 bits per heavy atom. The molecule has 3 heterocycles. The van der Waals surface area contributed by atoms with E-state index in [0.29, 0.717) is 28.2 Å². The van der Waals surface area contributed by atoms with Crippen molar-refractivity contribution in [2.75, 3.05) is 5.32 Å². The first-order chi connectivity index (χ1) is 17.3. The second kappa shape index (κ2) is 9.38. The third kappa shape index (κ3) is 4.76. The number of carbonyl (C=O) groups excluding carboxylic acids is 1. The zero-order valence-corrected chi connectivity index (χ0v) is 20.5. The van der Waals surface area contributed by atoms with Crippen molar-refractivity contribution in [3.63, 3.8) is 0 Å². The minimum absolute atomic E-state index is 0.00919. The molecule has 182 valence electrons. The SMILES string of the molecule is Cc1cc(Nc2ncc3ccc(C(=O)NC(c4ccc(Cl)c(F)c4)c4cnn(C)c4)cc3n2)n(C)n1. The molecule has 0 aliphatic carbocycles. The molecule has 36 heavy (non-hydrogen) atoms. The average Bonchev–Trinajstić information content (AvgIpc) is 3.42. The van der Waals surface area contributed by atoms with Gasteiger partial charge in [0.25, 0.3) is 5.91 Å². The van der Waals surface area contributed by atoms with Gasteiger partial charge >= 0.3 is 0 Å². The summed E-state index contributed by atoms with van der Waals surface area (Å²) in [6.07, 6.45) is 5.08. The van der Waals surface area contributed by atoms with Crippen LogP contribution in [0.3, 0.4) is 0 Å². The molecule has 11 heteroatoms. The Morgan fingerprint density at radius 2 is 1.92 bits per heavy atom. The van der Waals surface area contributed by atoms with E-state index in [-0.39, 0.29) is 10.9 Å². The number of amides is 1. The number of aryl methyl sites for hydroxylation is 3. The fourth-order valence-corrected chi connectivity index (χ4v) is 4.04. The largest absolute Gasteiger partial charge is 0.341 e. The summed E-state index contributed by atoms with van der Waals surface area (Å²) in [5, 5.41) is 15.4. The lowest BCUT2D eigenvalue weighted by molar-refractivity contribution is 0.0943. The van der Waals surface area contributed by atoms with E-state index >= 15 is 0 Å². The van der Waals surface area contributed by atoms with Crippen LogP contribution in [0.2, 0.25) is 5.02 Å². The van der Waals surface area contributed by atoms with E-state index in [1.54, 1.807) is 59.3 Å². The molecule has 1 amide bonds. The predicted molar refractivity (Wildman–Crippen MR) is 135 cm³/mol. The summed E-state index contributed by atoms with van der Waals surface area (Å²) in [6, 6.07) is 10.9. The van der Waals surface area contributed by atoms with Gasteiger partial charge in [0.1, 0.15) is 11.6 Å². The number of hydrogen-bond acceptors (Lipinski definition) is 6. The van der Waals surface area contributed by atoms with Crippen molar-refractivity contribution in [3.8, 4) is 0 Å². The van der Waals surface area contributed by atoms with Gasteiger partial charge in [-0.1, -0.05) is 23.7 Å². The Balaban J connectivity index is 1.44. The number of benzene rings is 2. The zero-order valence-electron chi connectivity index (χ0n) is 19.7. The first kappa shape index (κ1) is 23.4. The van der Waals surface area contributed by atoms with Crippen LogP contribution in [0.15, 0.2) is 61.1 Å². The van der Waals surface area contributed by atoms with E-state index < -0.39 is 11.9 Å². The molecule has 1 atom stereocenters. The maximum atomic E-state index is 14.2. The fraction of sp³-hybridized carbons (Fsp3) is 0.160. The second-order valence-corrected chi connectivity index (χ2v) is 8.82. The van der Waals surface area contributed by atoms with Crippen molar-refractivity contribution >= 4 is 40.2 Å². The van der Waals surface area contributed by atoms with Crippen LogP contribution in [-0.4, -0.2) is 35.4 Å². The van der Waals surface area contributed by atoms with Crippen LogP contribution in [0.4, 0.5) is 16.2 Å². The maximum Gasteiger partial charge on any atom is 0.252 e. The molecular formula is C25H22ClFN8O. The summed E-state index contributed by atoms with van der Waals surface area (Å²) in [7, 11) is 3.59. The minimum Gasteiger partial charge on any atom is -0.341 e. The summed E-state index contributed by atoms with van der Waals surface area (Å²) < 4.78 is 17.5. The van der Waals surface area contributed by atoms with E-state index in [1.807, 2.05) is 20.0 Å². The second-order valence-electron chi connectivity index (χ2n) is 8.41. The van der Waals surface area contributed by atoms with Crippen molar-refractivity contribution in [3.05, 3.63) is 94.3 Å². The normalized spacial score (nSPS) is 12.0. The highest BCUT2D eigenvalue weighted by Crippen LogP contribution is 2.26. The molecule has 5 rings (SSSR count). The highest BCUT2D eigenvalue weighted by Gasteiger charge is 2.21. The molecular weight excluding hydrogens is 483 g/mol. The number of rotatable bonds is 6. The molecule has 3 aromatic heterocycles. The number of anilines is 2. The lowest BCUT2D eigenvalue weighted by atomic mass is 10.0. The minimum atomic E-state index is -0.635. The van der Waals surface area contributed by atoms with Crippen molar-refractivity contribution in [2.45, 2.75) is 13.0 Å². The number of nitrogens with one attached hydrogen (secondary N) is 2. The molecule has 0 radical (unpaired) electrons. The first-order valence-corrected chi connectivity index (χ1v) is 11.4. The van der Waals surface area contributed by atoms with E-state index in [4.69, 9.17) is 11.6 Å². The molecule has 2 N–H and O–H groups in total.